The third-order valence-electron chi connectivity index (χ3n) is 2.89. The lowest BCUT2D eigenvalue weighted by atomic mass is 10.2. The van der Waals surface area contributed by atoms with Gasteiger partial charge in [-0.25, -0.2) is 4.98 Å². The first-order valence-corrected chi connectivity index (χ1v) is 5.63. The average Bonchev–Trinajstić information content (AvgIpc) is 2.65. The van der Waals surface area contributed by atoms with Crippen LogP contribution >= 0.6 is 11.6 Å². The van der Waals surface area contributed by atoms with Crippen molar-refractivity contribution in [2.45, 2.75) is 25.4 Å². The van der Waals surface area contributed by atoms with Crippen LogP contribution in [0, 0.1) is 0 Å². The molecule has 2 heterocycles. The molecule has 1 atom stereocenters. The number of aliphatic hydroxyl groups excluding tert-OH is 1. The predicted molar refractivity (Wildman–Crippen MR) is 59.8 cm³/mol. The van der Waals surface area contributed by atoms with Gasteiger partial charge in [-0.3, -0.25) is 4.90 Å². The van der Waals surface area contributed by atoms with E-state index in [1.807, 2.05) is 12.1 Å². The lowest BCUT2D eigenvalue weighted by Gasteiger charge is -2.22. The second-order valence-electron chi connectivity index (χ2n) is 3.94. The predicted octanol–water partition coefficient (Wildman–Crippen LogP) is 1.69. The van der Waals surface area contributed by atoms with Crippen LogP contribution in [0.25, 0.3) is 0 Å². The molecule has 0 spiro atoms. The van der Waals surface area contributed by atoms with Gasteiger partial charge in [-0.15, -0.1) is 0 Å². The number of pyridine rings is 1. The highest BCUT2D eigenvalue weighted by atomic mass is 35.5. The monoisotopic (exact) mass is 226 g/mol. The topological polar surface area (TPSA) is 36.4 Å². The Morgan fingerprint density at radius 1 is 1.60 bits per heavy atom. The van der Waals surface area contributed by atoms with Crippen LogP contribution in [-0.4, -0.2) is 34.2 Å². The fraction of sp³-hybridized carbons (Fsp3) is 0.545. The number of halogens is 1. The molecule has 1 N–H and O–H groups in total. The van der Waals surface area contributed by atoms with Gasteiger partial charge >= 0.3 is 0 Å². The van der Waals surface area contributed by atoms with E-state index in [0.29, 0.717) is 11.2 Å². The molecule has 1 aromatic rings. The van der Waals surface area contributed by atoms with Crippen LogP contribution in [-0.2, 0) is 6.54 Å². The fourth-order valence-electron chi connectivity index (χ4n) is 2.09. The molecule has 1 aromatic heterocycles. The first-order valence-electron chi connectivity index (χ1n) is 5.25. The average molecular weight is 227 g/mol. The molecule has 0 saturated carbocycles. The van der Waals surface area contributed by atoms with E-state index in [1.165, 1.54) is 6.42 Å². The summed E-state index contributed by atoms with van der Waals surface area (Å²) in [6, 6.07) is 4.17. The van der Waals surface area contributed by atoms with Gasteiger partial charge in [0.1, 0.15) is 5.15 Å². The molecule has 0 aromatic carbocycles. The Morgan fingerprint density at radius 3 is 3.20 bits per heavy atom. The lowest BCUT2D eigenvalue weighted by molar-refractivity contribution is 0.153. The quantitative estimate of drug-likeness (QED) is 0.797. The SMILES string of the molecule is OC[C@H]1CCCN1Cc1ccnc(Cl)c1. The van der Waals surface area contributed by atoms with Gasteiger partial charge in [-0.2, -0.15) is 0 Å². The Bertz CT molecular complexity index is 332. The van der Waals surface area contributed by atoms with E-state index in [1.54, 1.807) is 6.20 Å². The molecule has 0 aliphatic carbocycles. The molecule has 82 valence electrons. The highest BCUT2D eigenvalue weighted by Gasteiger charge is 2.23. The highest BCUT2D eigenvalue weighted by Crippen LogP contribution is 2.20. The van der Waals surface area contributed by atoms with Crippen molar-refractivity contribution in [3.63, 3.8) is 0 Å². The van der Waals surface area contributed by atoms with Gasteiger partial charge in [0.2, 0.25) is 0 Å². The Balaban J connectivity index is 2.02. The summed E-state index contributed by atoms with van der Waals surface area (Å²) in [5, 5.41) is 9.72. The molecule has 1 fully saturated rings. The fourth-order valence-corrected chi connectivity index (χ4v) is 2.28. The van der Waals surface area contributed by atoms with Crippen molar-refractivity contribution in [2.75, 3.05) is 13.2 Å². The molecule has 0 radical (unpaired) electrons. The Morgan fingerprint density at radius 2 is 2.47 bits per heavy atom. The van der Waals surface area contributed by atoms with Crippen LogP contribution in [0.4, 0.5) is 0 Å². The number of hydrogen-bond donors (Lipinski definition) is 1. The highest BCUT2D eigenvalue weighted by molar-refractivity contribution is 6.29. The van der Waals surface area contributed by atoms with Crippen molar-refractivity contribution < 1.29 is 5.11 Å². The van der Waals surface area contributed by atoms with E-state index in [2.05, 4.69) is 9.88 Å². The summed E-state index contributed by atoms with van der Waals surface area (Å²) in [5.41, 5.74) is 1.16. The largest absolute Gasteiger partial charge is 0.395 e. The molecule has 1 aliphatic rings. The molecule has 2 rings (SSSR count). The first kappa shape index (κ1) is 10.9. The summed E-state index contributed by atoms with van der Waals surface area (Å²) in [6.07, 6.45) is 3.99. The van der Waals surface area contributed by atoms with E-state index >= 15 is 0 Å². The minimum atomic E-state index is 0.249. The second-order valence-corrected chi connectivity index (χ2v) is 4.32. The molecule has 3 nitrogen and oxygen atoms in total. The van der Waals surface area contributed by atoms with Crippen molar-refractivity contribution >= 4 is 11.6 Å². The van der Waals surface area contributed by atoms with Gasteiger partial charge in [0.05, 0.1) is 6.61 Å². The molecule has 1 aliphatic heterocycles. The van der Waals surface area contributed by atoms with Crippen molar-refractivity contribution in [3.8, 4) is 0 Å². The lowest BCUT2D eigenvalue weighted by Crippen LogP contribution is -2.31. The van der Waals surface area contributed by atoms with Crippen molar-refractivity contribution in [2.24, 2.45) is 0 Å². The second kappa shape index (κ2) is 4.92. The van der Waals surface area contributed by atoms with Crippen molar-refractivity contribution in [3.05, 3.63) is 29.0 Å². The van der Waals surface area contributed by atoms with Crippen LogP contribution in [0.3, 0.4) is 0 Å². The molecule has 15 heavy (non-hydrogen) atoms. The Labute approximate surface area is 94.7 Å². The standard InChI is InChI=1S/C11H15ClN2O/c12-11-6-9(3-4-13-11)7-14-5-1-2-10(14)8-15/h3-4,6,10,15H,1-2,5,7-8H2/t10-/m1/s1. The van der Waals surface area contributed by atoms with Gasteiger partial charge in [-0.05, 0) is 37.1 Å². The smallest absolute Gasteiger partial charge is 0.129 e. The number of rotatable bonds is 3. The normalized spacial score (nSPS) is 22.1. The zero-order chi connectivity index (χ0) is 10.7. The zero-order valence-corrected chi connectivity index (χ0v) is 9.32. The summed E-state index contributed by atoms with van der Waals surface area (Å²) in [7, 11) is 0. The molecular formula is C11H15ClN2O. The summed E-state index contributed by atoms with van der Waals surface area (Å²) >= 11 is 5.82. The molecule has 0 bridgehead atoms. The number of hydrogen-bond acceptors (Lipinski definition) is 3. The Kier molecular flexibility index (Phi) is 3.57. The maximum atomic E-state index is 9.19. The van der Waals surface area contributed by atoms with E-state index in [4.69, 9.17) is 11.6 Å². The van der Waals surface area contributed by atoms with Gasteiger partial charge < -0.3 is 5.11 Å². The van der Waals surface area contributed by atoms with Crippen LogP contribution in [0.2, 0.25) is 5.15 Å². The summed E-state index contributed by atoms with van der Waals surface area (Å²) in [5.74, 6) is 0. The van der Waals surface area contributed by atoms with Crippen molar-refractivity contribution in [1.82, 2.24) is 9.88 Å². The van der Waals surface area contributed by atoms with Gasteiger partial charge in [0, 0.05) is 18.8 Å². The van der Waals surface area contributed by atoms with E-state index in [9.17, 15) is 5.11 Å². The van der Waals surface area contributed by atoms with E-state index in [0.717, 1.165) is 25.1 Å². The maximum absolute atomic E-state index is 9.19. The summed E-state index contributed by atoms with van der Waals surface area (Å²) < 4.78 is 0. The number of likely N-dealkylation sites (tertiary alicyclic amines) is 1. The number of aromatic nitrogens is 1. The van der Waals surface area contributed by atoms with Crippen LogP contribution in [0.15, 0.2) is 18.3 Å². The molecule has 0 amide bonds. The van der Waals surface area contributed by atoms with Crippen LogP contribution in [0.1, 0.15) is 18.4 Å². The zero-order valence-electron chi connectivity index (χ0n) is 8.56. The van der Waals surface area contributed by atoms with Crippen LogP contribution in [0.5, 0.6) is 0 Å². The molecule has 0 unspecified atom stereocenters. The van der Waals surface area contributed by atoms with Gasteiger partial charge in [0.15, 0.2) is 0 Å². The first-order chi connectivity index (χ1) is 7.29. The molecule has 1 saturated heterocycles. The molecular weight excluding hydrogens is 212 g/mol. The third-order valence-corrected chi connectivity index (χ3v) is 3.09. The minimum absolute atomic E-state index is 0.249. The third kappa shape index (κ3) is 2.68. The van der Waals surface area contributed by atoms with E-state index < -0.39 is 0 Å². The molecule has 4 heteroatoms. The summed E-state index contributed by atoms with van der Waals surface area (Å²) in [4.78, 5) is 6.25. The number of nitrogens with zero attached hydrogens (tertiary/aromatic N) is 2. The van der Waals surface area contributed by atoms with Gasteiger partial charge in [-0.1, -0.05) is 11.6 Å². The van der Waals surface area contributed by atoms with Gasteiger partial charge in [0.25, 0.3) is 0 Å². The van der Waals surface area contributed by atoms with E-state index in [-0.39, 0.29) is 6.61 Å². The summed E-state index contributed by atoms with van der Waals surface area (Å²) in [6.45, 7) is 2.16. The van der Waals surface area contributed by atoms with Crippen molar-refractivity contribution in [1.29, 1.82) is 0 Å². The van der Waals surface area contributed by atoms with Crippen LogP contribution < -0.4 is 0 Å². The minimum Gasteiger partial charge on any atom is -0.395 e. The maximum Gasteiger partial charge on any atom is 0.129 e. The Hall–Kier alpha value is -0.640. The number of aliphatic hydroxyl groups is 1.